The van der Waals surface area contributed by atoms with Gasteiger partial charge in [0.15, 0.2) is 0 Å². The highest BCUT2D eigenvalue weighted by molar-refractivity contribution is 5.80. The van der Waals surface area contributed by atoms with Gasteiger partial charge in [-0.2, -0.15) is 0 Å². The zero-order chi connectivity index (χ0) is 21.0. The number of likely N-dealkylation sites (tertiary alicyclic amines) is 1. The maximum atomic E-state index is 5.02. The van der Waals surface area contributed by atoms with Gasteiger partial charge in [0.2, 0.25) is 0 Å². The van der Waals surface area contributed by atoms with Crippen LogP contribution in [0.2, 0.25) is 0 Å². The van der Waals surface area contributed by atoms with Crippen LogP contribution in [0.15, 0.2) is 41.2 Å². The molecule has 2 aliphatic rings. The molecule has 1 aromatic carbocycles. The third-order valence-electron chi connectivity index (χ3n) is 6.80. The normalized spacial score (nSPS) is 21.9. The molecule has 1 fully saturated rings. The molecule has 160 valence electrons. The lowest BCUT2D eigenvalue weighted by molar-refractivity contribution is -0.920. The van der Waals surface area contributed by atoms with Crippen LogP contribution in [0.4, 0.5) is 0 Å². The number of fused-ring (bicyclic) bond motifs is 1. The van der Waals surface area contributed by atoms with Crippen molar-refractivity contribution in [2.75, 3.05) is 27.2 Å². The van der Waals surface area contributed by atoms with Crippen LogP contribution in [-0.2, 0) is 12.8 Å². The summed E-state index contributed by atoms with van der Waals surface area (Å²) in [7, 11) is 4.86. The van der Waals surface area contributed by atoms with Crippen LogP contribution in [0.5, 0.6) is 0 Å². The van der Waals surface area contributed by atoms with Gasteiger partial charge in [-0.3, -0.25) is 0 Å². The molecule has 1 saturated heterocycles. The molecule has 0 amide bonds. The second kappa shape index (κ2) is 9.47. The Bertz CT molecular complexity index is 715. The van der Waals surface area contributed by atoms with Crippen LogP contribution in [-0.4, -0.2) is 54.4 Å². The lowest BCUT2D eigenvalue weighted by Crippen LogP contribution is -2.53. The fourth-order valence-corrected chi connectivity index (χ4v) is 5.18. The Labute approximate surface area is 179 Å². The summed E-state index contributed by atoms with van der Waals surface area (Å²) in [4.78, 5) is 7.68. The van der Waals surface area contributed by atoms with Gasteiger partial charge >= 0.3 is 0 Å². The minimum Gasteiger partial charge on any atom is -0.353 e. The standard InChI is InChI=1S/C26H42N3/c1-20(2)17-26(27-21(3)4)28(15-14-25-13-9-10-16-29(25,5)6)24-18-22-11-7-8-12-23(22)19-24/h7-8,11-12,17,20,24-25H,9-10,13-16,18-19H2,1-6H3/q+1/b26-17+. The van der Waals surface area contributed by atoms with Crippen LogP contribution >= 0.6 is 0 Å². The van der Waals surface area contributed by atoms with Crippen LogP contribution in [0, 0.1) is 5.92 Å². The van der Waals surface area contributed by atoms with Gasteiger partial charge in [-0.1, -0.05) is 38.1 Å². The summed E-state index contributed by atoms with van der Waals surface area (Å²) in [6.45, 7) is 11.2. The van der Waals surface area contributed by atoms with Crippen molar-refractivity contribution in [3.63, 3.8) is 0 Å². The van der Waals surface area contributed by atoms with Gasteiger partial charge in [0.25, 0.3) is 0 Å². The second-order valence-corrected chi connectivity index (χ2v) is 10.3. The Balaban J connectivity index is 1.84. The molecular formula is C26H42N3+. The number of piperidine rings is 1. The van der Waals surface area contributed by atoms with Crippen molar-refractivity contribution < 1.29 is 4.48 Å². The van der Waals surface area contributed by atoms with E-state index in [1.165, 1.54) is 53.7 Å². The number of aliphatic imine (C=N–C) groups is 1. The molecule has 0 radical (unpaired) electrons. The fraction of sp³-hybridized carbons (Fsp3) is 0.654. The van der Waals surface area contributed by atoms with E-state index in [9.17, 15) is 0 Å². The molecule has 1 aromatic rings. The maximum Gasteiger partial charge on any atom is 0.124 e. The fourth-order valence-electron chi connectivity index (χ4n) is 5.18. The van der Waals surface area contributed by atoms with Crippen molar-refractivity contribution >= 4 is 5.71 Å². The SMILES string of the molecule is CC(C)=N/C(=C\C(C)C)N(CCC1CCCC[N+]1(C)C)C1Cc2ccccc2C1. The maximum absolute atomic E-state index is 5.02. The van der Waals surface area contributed by atoms with Crippen molar-refractivity contribution in [1.29, 1.82) is 0 Å². The van der Waals surface area contributed by atoms with Gasteiger partial charge in [0.1, 0.15) is 5.82 Å². The van der Waals surface area contributed by atoms with E-state index in [1.54, 1.807) is 0 Å². The number of hydrogen-bond donors (Lipinski definition) is 0. The van der Waals surface area contributed by atoms with Gasteiger partial charge in [-0.05, 0) is 69.1 Å². The van der Waals surface area contributed by atoms with E-state index >= 15 is 0 Å². The molecule has 1 heterocycles. The highest BCUT2D eigenvalue weighted by Gasteiger charge is 2.34. The highest BCUT2D eigenvalue weighted by Crippen LogP contribution is 2.31. The molecule has 3 heteroatoms. The summed E-state index contributed by atoms with van der Waals surface area (Å²) in [5, 5.41) is 0. The Morgan fingerprint density at radius 3 is 2.34 bits per heavy atom. The third kappa shape index (κ3) is 5.72. The van der Waals surface area contributed by atoms with E-state index in [0.717, 1.165) is 31.1 Å². The molecular weight excluding hydrogens is 354 g/mol. The van der Waals surface area contributed by atoms with E-state index in [2.05, 4.69) is 77.0 Å². The first kappa shape index (κ1) is 22.1. The van der Waals surface area contributed by atoms with E-state index < -0.39 is 0 Å². The molecule has 1 atom stereocenters. The second-order valence-electron chi connectivity index (χ2n) is 10.3. The van der Waals surface area contributed by atoms with E-state index in [-0.39, 0.29) is 0 Å². The summed E-state index contributed by atoms with van der Waals surface area (Å²) in [6.07, 6.45) is 10.1. The molecule has 1 aliphatic carbocycles. The molecule has 3 rings (SSSR count). The van der Waals surface area contributed by atoms with E-state index in [4.69, 9.17) is 4.99 Å². The predicted molar refractivity (Wildman–Crippen MR) is 125 cm³/mol. The molecule has 29 heavy (non-hydrogen) atoms. The lowest BCUT2D eigenvalue weighted by Gasteiger charge is -2.43. The lowest BCUT2D eigenvalue weighted by atomic mass is 9.97. The molecule has 0 bridgehead atoms. The van der Waals surface area contributed by atoms with E-state index in [1.807, 2.05) is 0 Å². The largest absolute Gasteiger partial charge is 0.353 e. The van der Waals surface area contributed by atoms with Gasteiger partial charge in [0, 0.05) is 24.7 Å². The highest BCUT2D eigenvalue weighted by atomic mass is 15.3. The zero-order valence-corrected chi connectivity index (χ0v) is 19.6. The quantitative estimate of drug-likeness (QED) is 0.442. The predicted octanol–water partition coefficient (Wildman–Crippen LogP) is 5.45. The summed E-state index contributed by atoms with van der Waals surface area (Å²) in [5.41, 5.74) is 4.20. The van der Waals surface area contributed by atoms with Crippen molar-refractivity contribution in [3.8, 4) is 0 Å². The van der Waals surface area contributed by atoms with Crippen LogP contribution in [0.25, 0.3) is 0 Å². The number of allylic oxidation sites excluding steroid dienone is 1. The summed E-state index contributed by atoms with van der Waals surface area (Å²) in [5.74, 6) is 1.69. The van der Waals surface area contributed by atoms with Crippen molar-refractivity contribution in [1.82, 2.24) is 4.90 Å². The number of rotatable bonds is 7. The molecule has 0 saturated carbocycles. The van der Waals surface area contributed by atoms with E-state index in [0.29, 0.717) is 12.0 Å². The van der Waals surface area contributed by atoms with Gasteiger partial charge in [0.05, 0.1) is 26.7 Å². The van der Waals surface area contributed by atoms with Crippen molar-refractivity contribution in [2.24, 2.45) is 10.9 Å². The minimum atomic E-state index is 0.501. The topological polar surface area (TPSA) is 15.6 Å². The summed E-state index contributed by atoms with van der Waals surface area (Å²) >= 11 is 0. The Morgan fingerprint density at radius 1 is 1.14 bits per heavy atom. The average Bonchev–Trinajstić information content (AvgIpc) is 3.05. The van der Waals surface area contributed by atoms with Crippen LogP contribution < -0.4 is 0 Å². The van der Waals surface area contributed by atoms with Crippen LogP contribution in [0.3, 0.4) is 0 Å². The van der Waals surface area contributed by atoms with Crippen molar-refractivity contribution in [3.05, 3.63) is 47.3 Å². The van der Waals surface area contributed by atoms with Crippen molar-refractivity contribution in [2.45, 2.75) is 78.3 Å². The smallest absolute Gasteiger partial charge is 0.124 e. The Kier molecular flexibility index (Phi) is 7.21. The third-order valence-corrected chi connectivity index (χ3v) is 6.80. The van der Waals surface area contributed by atoms with Gasteiger partial charge in [-0.25, -0.2) is 4.99 Å². The number of quaternary nitrogens is 1. The molecule has 1 aliphatic heterocycles. The monoisotopic (exact) mass is 396 g/mol. The number of benzene rings is 1. The van der Waals surface area contributed by atoms with Gasteiger partial charge in [-0.15, -0.1) is 0 Å². The van der Waals surface area contributed by atoms with Crippen LogP contribution in [0.1, 0.15) is 64.5 Å². The first-order valence-corrected chi connectivity index (χ1v) is 11.7. The Hall–Kier alpha value is -1.61. The zero-order valence-electron chi connectivity index (χ0n) is 19.6. The molecule has 3 nitrogen and oxygen atoms in total. The molecule has 0 N–H and O–H groups in total. The average molecular weight is 397 g/mol. The first-order valence-electron chi connectivity index (χ1n) is 11.7. The molecule has 1 unspecified atom stereocenters. The summed E-state index contributed by atoms with van der Waals surface area (Å²) < 4.78 is 1.18. The summed E-state index contributed by atoms with van der Waals surface area (Å²) in [6, 6.07) is 10.3. The first-order chi connectivity index (χ1) is 13.8. The number of nitrogens with zero attached hydrogens (tertiary/aromatic N) is 3. The molecule has 0 spiro atoms. The van der Waals surface area contributed by atoms with Gasteiger partial charge < -0.3 is 9.38 Å². The number of hydrogen-bond acceptors (Lipinski definition) is 2. The minimum absolute atomic E-state index is 0.501. The molecule has 0 aromatic heterocycles. The Morgan fingerprint density at radius 2 is 1.79 bits per heavy atom.